The van der Waals surface area contributed by atoms with E-state index in [1.54, 1.807) is 18.3 Å². The van der Waals surface area contributed by atoms with Crippen LogP contribution in [0.25, 0.3) is 11.3 Å². The third-order valence-corrected chi connectivity index (χ3v) is 2.08. The topological polar surface area (TPSA) is 50.7 Å². The maximum absolute atomic E-state index is 12.7. The quantitative estimate of drug-likeness (QED) is 0.846. The highest BCUT2D eigenvalue weighted by atomic mass is 19.1. The van der Waals surface area contributed by atoms with Crippen LogP contribution in [0.15, 0.2) is 30.5 Å². The van der Waals surface area contributed by atoms with E-state index in [4.69, 9.17) is 0 Å². The van der Waals surface area contributed by atoms with Crippen LogP contribution in [0.2, 0.25) is 0 Å². The van der Waals surface area contributed by atoms with Gasteiger partial charge < -0.3 is 5.32 Å². The molecule has 0 fully saturated rings. The number of rotatable bonds is 3. The zero-order chi connectivity index (χ0) is 11.4. The Labute approximate surface area is 92.6 Å². The van der Waals surface area contributed by atoms with Crippen molar-refractivity contribution in [2.24, 2.45) is 0 Å². The van der Waals surface area contributed by atoms with Crippen LogP contribution in [0.5, 0.6) is 0 Å². The van der Waals surface area contributed by atoms with Crippen LogP contribution in [0.4, 0.5) is 4.39 Å². The first-order valence-electron chi connectivity index (χ1n) is 4.89. The number of nitrogens with zero attached hydrogens (tertiary/aromatic N) is 3. The van der Waals surface area contributed by atoms with E-state index >= 15 is 0 Å². The molecule has 5 heteroatoms. The molecule has 0 amide bonds. The molecule has 82 valence electrons. The van der Waals surface area contributed by atoms with Gasteiger partial charge in [-0.1, -0.05) is 0 Å². The molecule has 0 bridgehead atoms. The van der Waals surface area contributed by atoms with E-state index < -0.39 is 0 Å². The molecule has 0 aliphatic rings. The van der Waals surface area contributed by atoms with Crippen molar-refractivity contribution in [1.82, 2.24) is 20.5 Å². The summed E-state index contributed by atoms with van der Waals surface area (Å²) >= 11 is 0. The summed E-state index contributed by atoms with van der Waals surface area (Å²) in [6.07, 6.45) is 1.56. The summed E-state index contributed by atoms with van der Waals surface area (Å²) in [5, 5.41) is 10.7. The van der Waals surface area contributed by atoms with Gasteiger partial charge in [0.2, 0.25) is 0 Å². The molecule has 0 saturated carbocycles. The molecule has 0 unspecified atom stereocenters. The van der Waals surface area contributed by atoms with Gasteiger partial charge in [0.25, 0.3) is 0 Å². The molecule has 0 aliphatic heterocycles. The van der Waals surface area contributed by atoms with E-state index in [0.29, 0.717) is 18.1 Å². The second kappa shape index (κ2) is 4.76. The molecular weight excluding hydrogens is 207 g/mol. The van der Waals surface area contributed by atoms with Crippen molar-refractivity contribution < 1.29 is 4.39 Å². The fourth-order valence-corrected chi connectivity index (χ4v) is 1.33. The van der Waals surface area contributed by atoms with Gasteiger partial charge in [-0.3, -0.25) is 0 Å². The van der Waals surface area contributed by atoms with Gasteiger partial charge in [0.15, 0.2) is 5.82 Å². The lowest BCUT2D eigenvalue weighted by atomic mass is 10.2. The van der Waals surface area contributed by atoms with Crippen LogP contribution in [0.1, 0.15) is 5.82 Å². The predicted octanol–water partition coefficient (Wildman–Crippen LogP) is 1.40. The summed E-state index contributed by atoms with van der Waals surface area (Å²) in [6.45, 7) is 0.558. The fourth-order valence-electron chi connectivity index (χ4n) is 1.33. The van der Waals surface area contributed by atoms with Crippen molar-refractivity contribution in [2.75, 3.05) is 7.05 Å². The minimum Gasteiger partial charge on any atom is -0.313 e. The molecule has 2 rings (SSSR count). The zero-order valence-electron chi connectivity index (χ0n) is 8.81. The zero-order valence-corrected chi connectivity index (χ0v) is 8.81. The minimum atomic E-state index is -0.263. The largest absolute Gasteiger partial charge is 0.313 e. The standard InChI is InChI=1S/C11H11FN4/c1-13-7-11-15-10(6-14-16-11)8-2-4-9(12)5-3-8/h2-6,13H,7H2,1H3. The Balaban J connectivity index is 2.32. The molecule has 1 aromatic heterocycles. The fraction of sp³-hybridized carbons (Fsp3) is 0.182. The maximum Gasteiger partial charge on any atom is 0.165 e. The third-order valence-electron chi connectivity index (χ3n) is 2.08. The molecule has 4 nitrogen and oxygen atoms in total. The highest BCUT2D eigenvalue weighted by Crippen LogP contribution is 2.15. The van der Waals surface area contributed by atoms with Crippen molar-refractivity contribution in [3.05, 3.63) is 42.1 Å². The van der Waals surface area contributed by atoms with Crippen LogP contribution < -0.4 is 5.32 Å². The highest BCUT2D eigenvalue weighted by molar-refractivity contribution is 5.57. The Morgan fingerprint density at radius 2 is 2.00 bits per heavy atom. The lowest BCUT2D eigenvalue weighted by Crippen LogP contribution is -2.10. The summed E-state index contributed by atoms with van der Waals surface area (Å²) in [4.78, 5) is 4.30. The average molecular weight is 218 g/mol. The summed E-state index contributed by atoms with van der Waals surface area (Å²) in [6, 6.07) is 6.13. The van der Waals surface area contributed by atoms with Gasteiger partial charge in [-0.05, 0) is 31.3 Å². The molecule has 2 aromatic rings. The predicted molar refractivity (Wildman–Crippen MR) is 58.0 cm³/mol. The van der Waals surface area contributed by atoms with Gasteiger partial charge in [-0.15, -0.1) is 5.10 Å². The Morgan fingerprint density at radius 3 is 2.69 bits per heavy atom. The van der Waals surface area contributed by atoms with Gasteiger partial charge >= 0.3 is 0 Å². The lowest BCUT2D eigenvalue weighted by Gasteiger charge is -2.02. The lowest BCUT2D eigenvalue weighted by molar-refractivity contribution is 0.628. The molecule has 1 aromatic carbocycles. The van der Waals surface area contributed by atoms with E-state index in [2.05, 4.69) is 20.5 Å². The third kappa shape index (κ3) is 2.38. The van der Waals surface area contributed by atoms with Gasteiger partial charge in [0.1, 0.15) is 5.82 Å². The number of aromatic nitrogens is 3. The average Bonchev–Trinajstić information content (AvgIpc) is 2.31. The Bertz CT molecular complexity index is 470. The molecule has 1 heterocycles. The summed E-state index contributed by atoms with van der Waals surface area (Å²) < 4.78 is 12.7. The first-order valence-corrected chi connectivity index (χ1v) is 4.89. The van der Waals surface area contributed by atoms with E-state index in [1.807, 2.05) is 7.05 Å². The molecule has 0 atom stereocenters. The first-order chi connectivity index (χ1) is 7.79. The molecule has 1 N–H and O–H groups in total. The summed E-state index contributed by atoms with van der Waals surface area (Å²) in [5.74, 6) is 0.352. The highest BCUT2D eigenvalue weighted by Gasteiger charge is 2.02. The molecule has 0 saturated heterocycles. The van der Waals surface area contributed by atoms with Gasteiger partial charge in [-0.2, -0.15) is 5.10 Å². The van der Waals surface area contributed by atoms with E-state index in [-0.39, 0.29) is 5.82 Å². The molecule has 0 spiro atoms. The van der Waals surface area contributed by atoms with Crippen molar-refractivity contribution in [1.29, 1.82) is 0 Å². The van der Waals surface area contributed by atoms with E-state index in [0.717, 1.165) is 5.56 Å². The number of benzene rings is 1. The van der Waals surface area contributed by atoms with Crippen LogP contribution in [-0.4, -0.2) is 22.2 Å². The van der Waals surface area contributed by atoms with Crippen LogP contribution in [0, 0.1) is 5.82 Å². The summed E-state index contributed by atoms with van der Waals surface area (Å²) in [5.41, 5.74) is 1.52. The molecule has 16 heavy (non-hydrogen) atoms. The number of halogens is 1. The molecular formula is C11H11FN4. The van der Waals surface area contributed by atoms with Gasteiger partial charge in [0.05, 0.1) is 18.4 Å². The monoisotopic (exact) mass is 218 g/mol. The van der Waals surface area contributed by atoms with Crippen molar-refractivity contribution in [2.45, 2.75) is 6.54 Å². The van der Waals surface area contributed by atoms with Crippen LogP contribution in [0.3, 0.4) is 0 Å². The Hall–Kier alpha value is -1.88. The van der Waals surface area contributed by atoms with Gasteiger partial charge in [0, 0.05) is 5.56 Å². The number of nitrogens with one attached hydrogen (secondary N) is 1. The Morgan fingerprint density at radius 1 is 1.25 bits per heavy atom. The molecule has 0 radical (unpaired) electrons. The minimum absolute atomic E-state index is 0.263. The van der Waals surface area contributed by atoms with Gasteiger partial charge in [-0.25, -0.2) is 9.37 Å². The normalized spacial score (nSPS) is 10.4. The van der Waals surface area contributed by atoms with Crippen molar-refractivity contribution in [3.8, 4) is 11.3 Å². The second-order valence-electron chi connectivity index (χ2n) is 3.30. The van der Waals surface area contributed by atoms with E-state index in [9.17, 15) is 4.39 Å². The number of hydrogen-bond acceptors (Lipinski definition) is 4. The van der Waals surface area contributed by atoms with Crippen LogP contribution in [-0.2, 0) is 6.54 Å². The molecule has 0 aliphatic carbocycles. The first kappa shape index (κ1) is 10.6. The van der Waals surface area contributed by atoms with Crippen molar-refractivity contribution in [3.63, 3.8) is 0 Å². The SMILES string of the molecule is CNCc1nncc(-c2ccc(F)cc2)n1. The Kier molecular flexibility index (Phi) is 3.16. The second-order valence-corrected chi connectivity index (χ2v) is 3.30. The smallest absolute Gasteiger partial charge is 0.165 e. The number of hydrogen-bond donors (Lipinski definition) is 1. The maximum atomic E-state index is 12.7. The van der Waals surface area contributed by atoms with Crippen molar-refractivity contribution >= 4 is 0 Å². The van der Waals surface area contributed by atoms with E-state index in [1.165, 1.54) is 12.1 Å². The van der Waals surface area contributed by atoms with Crippen LogP contribution >= 0.6 is 0 Å². The summed E-state index contributed by atoms with van der Waals surface area (Å²) in [7, 11) is 1.81.